The summed E-state index contributed by atoms with van der Waals surface area (Å²) in [7, 11) is 0. The van der Waals surface area contributed by atoms with Crippen molar-refractivity contribution in [3.05, 3.63) is 206 Å². The van der Waals surface area contributed by atoms with Gasteiger partial charge in [-0.1, -0.05) is 182 Å². The van der Waals surface area contributed by atoms with E-state index >= 15 is 0 Å². The second kappa shape index (κ2) is 12.7. The van der Waals surface area contributed by atoms with Crippen molar-refractivity contribution in [3.63, 3.8) is 0 Å². The van der Waals surface area contributed by atoms with Gasteiger partial charge in [-0.05, 0) is 112 Å². The predicted octanol–water partition coefficient (Wildman–Crippen LogP) is 15.4. The Balaban J connectivity index is 1.23. The standard InChI is InChI=1S/C54H34O/c1-3-14-35(15-4-1)36-26-28-39(29-27-36)48-34-52-50(33-47(48)38-16-5-2-6-17-38)49-32-40(30-31-51(49)55-52)53-43-21-9-11-23-45(43)54(46-24-12-10-22-44(46)53)42-25-13-19-37-18-7-8-20-41(37)42/h1-34H/i9D,10D,11D,12D,21D,22D,23D,24D. The van der Waals surface area contributed by atoms with Crippen LogP contribution in [0.25, 0.3) is 110 Å². The lowest BCUT2D eigenvalue weighted by atomic mass is 9.84. The highest BCUT2D eigenvalue weighted by Gasteiger charge is 2.20. The van der Waals surface area contributed by atoms with Crippen molar-refractivity contribution in [1.29, 1.82) is 0 Å². The van der Waals surface area contributed by atoms with Crippen LogP contribution in [0, 0.1) is 0 Å². The van der Waals surface area contributed by atoms with Crippen LogP contribution >= 0.6 is 0 Å². The van der Waals surface area contributed by atoms with Crippen LogP contribution in [0.3, 0.4) is 0 Å². The average molecular weight is 707 g/mol. The molecule has 0 radical (unpaired) electrons. The van der Waals surface area contributed by atoms with Crippen molar-refractivity contribution in [1.82, 2.24) is 0 Å². The maximum atomic E-state index is 9.49. The van der Waals surface area contributed by atoms with Gasteiger partial charge < -0.3 is 4.42 Å². The van der Waals surface area contributed by atoms with Crippen molar-refractivity contribution in [2.45, 2.75) is 0 Å². The van der Waals surface area contributed by atoms with Crippen LogP contribution in [0.2, 0.25) is 0 Å². The first-order valence-corrected chi connectivity index (χ1v) is 18.3. The molecule has 11 aromatic rings. The first-order chi connectivity index (χ1) is 30.6. The van der Waals surface area contributed by atoms with Crippen LogP contribution in [0.4, 0.5) is 0 Å². The normalized spacial score (nSPS) is 13.7. The number of rotatable bonds is 5. The predicted molar refractivity (Wildman–Crippen MR) is 233 cm³/mol. The van der Waals surface area contributed by atoms with E-state index in [1.54, 1.807) is 6.07 Å². The zero-order chi connectivity index (χ0) is 43.3. The van der Waals surface area contributed by atoms with E-state index in [0.717, 1.165) is 54.9 Å². The van der Waals surface area contributed by atoms with Gasteiger partial charge >= 0.3 is 0 Å². The highest BCUT2D eigenvalue weighted by atomic mass is 16.3. The summed E-state index contributed by atoms with van der Waals surface area (Å²) < 4.78 is 80.1. The number of benzene rings is 10. The third kappa shape index (κ3) is 5.16. The van der Waals surface area contributed by atoms with Crippen LogP contribution in [-0.4, -0.2) is 0 Å². The summed E-state index contributed by atoms with van der Waals surface area (Å²) in [6.45, 7) is 0. The molecule has 0 amide bonds. The number of hydrogen-bond donors (Lipinski definition) is 0. The first-order valence-electron chi connectivity index (χ1n) is 22.3. The van der Waals surface area contributed by atoms with E-state index in [1.807, 2.05) is 91.0 Å². The van der Waals surface area contributed by atoms with Gasteiger partial charge in [-0.3, -0.25) is 0 Å². The fourth-order valence-corrected chi connectivity index (χ4v) is 8.17. The summed E-state index contributed by atoms with van der Waals surface area (Å²) in [4.78, 5) is 0. The molecule has 0 saturated carbocycles. The van der Waals surface area contributed by atoms with Gasteiger partial charge in [0.15, 0.2) is 0 Å². The molecule has 11 rings (SSSR count). The SMILES string of the molecule is [2H]c1c([2H])c([2H])c2c(-c3cccc4ccccc34)c3c([2H])c([2H])c([2H])c([2H])c3c(-c3ccc4oc5cc(-c6ccc(-c7ccccc7)cc6)c(-c6ccccc6)cc5c4c3)c2c1[2H]. The highest BCUT2D eigenvalue weighted by Crippen LogP contribution is 2.47. The molecule has 1 aromatic heterocycles. The molecular weight excluding hydrogens is 665 g/mol. The maximum Gasteiger partial charge on any atom is 0.136 e. The quantitative estimate of drug-likeness (QED) is 0.162. The molecule has 0 saturated heterocycles. The Labute approximate surface area is 330 Å². The van der Waals surface area contributed by atoms with Gasteiger partial charge in [-0.25, -0.2) is 0 Å². The third-order valence-electron chi connectivity index (χ3n) is 10.7. The van der Waals surface area contributed by atoms with E-state index in [1.165, 1.54) is 0 Å². The number of hydrogen-bond acceptors (Lipinski definition) is 1. The van der Waals surface area contributed by atoms with Crippen molar-refractivity contribution in [2.75, 3.05) is 0 Å². The van der Waals surface area contributed by atoms with Gasteiger partial charge in [0.25, 0.3) is 0 Å². The molecule has 55 heavy (non-hydrogen) atoms. The van der Waals surface area contributed by atoms with Gasteiger partial charge in [-0.15, -0.1) is 0 Å². The topological polar surface area (TPSA) is 13.1 Å². The van der Waals surface area contributed by atoms with E-state index < -0.39 is 24.2 Å². The Bertz CT molecular complexity index is 3610. The fourth-order valence-electron chi connectivity index (χ4n) is 8.17. The molecule has 10 aromatic carbocycles. The monoisotopic (exact) mass is 706 g/mol. The molecule has 0 fully saturated rings. The molecule has 1 nitrogen and oxygen atoms in total. The Morgan fingerprint density at radius 3 is 1.53 bits per heavy atom. The lowest BCUT2D eigenvalue weighted by Crippen LogP contribution is -1.91. The highest BCUT2D eigenvalue weighted by molar-refractivity contribution is 6.24. The number of fused-ring (bicyclic) bond motifs is 6. The van der Waals surface area contributed by atoms with E-state index in [2.05, 4.69) is 60.7 Å². The van der Waals surface area contributed by atoms with E-state index in [4.69, 9.17) is 9.90 Å². The van der Waals surface area contributed by atoms with Crippen LogP contribution in [0.5, 0.6) is 0 Å². The summed E-state index contributed by atoms with van der Waals surface area (Å²) in [5, 5.41) is 3.91. The minimum atomic E-state index is -0.440. The van der Waals surface area contributed by atoms with E-state index in [0.29, 0.717) is 27.9 Å². The Hall–Kier alpha value is -7.22. The van der Waals surface area contributed by atoms with E-state index in [9.17, 15) is 5.48 Å². The molecule has 0 bridgehead atoms. The summed E-state index contributed by atoms with van der Waals surface area (Å²) >= 11 is 0. The number of furan rings is 1. The molecule has 0 spiro atoms. The Kier molecular flexibility index (Phi) is 5.59. The molecule has 1 heterocycles. The maximum absolute atomic E-state index is 9.49. The lowest BCUT2D eigenvalue weighted by molar-refractivity contribution is 0.669. The molecule has 0 aliphatic carbocycles. The van der Waals surface area contributed by atoms with E-state index in [-0.39, 0.29) is 51.3 Å². The van der Waals surface area contributed by atoms with Gasteiger partial charge in [0.05, 0.1) is 11.0 Å². The first kappa shape index (κ1) is 24.2. The third-order valence-corrected chi connectivity index (χ3v) is 10.7. The smallest absolute Gasteiger partial charge is 0.136 e. The van der Waals surface area contributed by atoms with Crippen molar-refractivity contribution in [3.8, 4) is 55.6 Å². The Morgan fingerprint density at radius 1 is 0.309 bits per heavy atom. The van der Waals surface area contributed by atoms with Gasteiger partial charge in [0, 0.05) is 10.8 Å². The van der Waals surface area contributed by atoms with Gasteiger partial charge in [-0.2, -0.15) is 0 Å². The van der Waals surface area contributed by atoms with Crippen molar-refractivity contribution < 1.29 is 15.4 Å². The fraction of sp³-hybridized carbons (Fsp3) is 0. The van der Waals surface area contributed by atoms with Crippen LogP contribution in [-0.2, 0) is 0 Å². The Morgan fingerprint density at radius 2 is 0.818 bits per heavy atom. The molecule has 0 N–H and O–H groups in total. The minimum Gasteiger partial charge on any atom is -0.456 e. The van der Waals surface area contributed by atoms with Gasteiger partial charge in [0.1, 0.15) is 11.2 Å². The second-order valence-corrected chi connectivity index (χ2v) is 13.8. The van der Waals surface area contributed by atoms with Crippen molar-refractivity contribution >= 4 is 54.3 Å². The van der Waals surface area contributed by atoms with Crippen LogP contribution < -0.4 is 0 Å². The summed E-state index contributed by atoms with van der Waals surface area (Å²) in [6.07, 6.45) is 0. The van der Waals surface area contributed by atoms with Crippen LogP contribution in [0.1, 0.15) is 11.0 Å². The summed E-state index contributed by atoms with van der Waals surface area (Å²) in [6, 6.07) is 49.0. The molecule has 0 aliphatic heterocycles. The average Bonchev–Trinajstić information content (AvgIpc) is 3.69. The molecular formula is C54H34O. The second-order valence-electron chi connectivity index (χ2n) is 13.8. The lowest BCUT2D eigenvalue weighted by Gasteiger charge is -2.18. The zero-order valence-corrected chi connectivity index (χ0v) is 29.4. The van der Waals surface area contributed by atoms with Crippen molar-refractivity contribution in [2.24, 2.45) is 0 Å². The minimum absolute atomic E-state index is 0.167. The van der Waals surface area contributed by atoms with Gasteiger partial charge in [0.2, 0.25) is 0 Å². The summed E-state index contributed by atoms with van der Waals surface area (Å²) in [5.74, 6) is 0. The zero-order valence-electron chi connectivity index (χ0n) is 37.4. The molecule has 1 heteroatoms. The molecule has 0 atom stereocenters. The largest absolute Gasteiger partial charge is 0.456 e. The molecule has 0 aliphatic rings. The molecule has 0 unspecified atom stereocenters. The van der Waals surface area contributed by atoms with Crippen LogP contribution in [0.15, 0.2) is 210 Å². The summed E-state index contributed by atoms with van der Waals surface area (Å²) in [5.41, 5.74) is 9.21. The molecule has 256 valence electrons.